The fraction of sp³-hybridized carbons (Fsp3) is 0.174. The first-order valence-electron chi connectivity index (χ1n) is 9.72. The Morgan fingerprint density at radius 1 is 0.900 bits per heavy atom. The Labute approximate surface area is 178 Å². The molecule has 152 valence electrons. The van der Waals surface area contributed by atoms with Crippen LogP contribution in [0.5, 0.6) is 0 Å². The molecule has 7 heteroatoms. The molecule has 1 saturated carbocycles. The summed E-state index contributed by atoms with van der Waals surface area (Å²) in [6.45, 7) is 0.305. The smallest absolute Gasteiger partial charge is 0.265 e. The highest BCUT2D eigenvalue weighted by Gasteiger charge is 2.29. The van der Waals surface area contributed by atoms with Gasteiger partial charge in [0, 0.05) is 18.2 Å². The quantitative estimate of drug-likeness (QED) is 0.534. The van der Waals surface area contributed by atoms with Crippen molar-refractivity contribution in [1.82, 2.24) is 5.32 Å². The van der Waals surface area contributed by atoms with Crippen LogP contribution >= 0.6 is 11.3 Å². The number of benzene rings is 2. The van der Waals surface area contributed by atoms with Gasteiger partial charge in [0.1, 0.15) is 0 Å². The van der Waals surface area contributed by atoms with Crippen LogP contribution in [0.3, 0.4) is 0 Å². The van der Waals surface area contributed by atoms with Crippen molar-refractivity contribution in [3.63, 3.8) is 0 Å². The molecule has 4 rings (SSSR count). The summed E-state index contributed by atoms with van der Waals surface area (Å²) in [6, 6.07) is 17.9. The first-order chi connectivity index (χ1) is 14.6. The second-order valence-corrected chi connectivity index (χ2v) is 8.07. The molecule has 0 saturated heterocycles. The number of carbonyl (C=O) groups is 3. The zero-order valence-electron chi connectivity index (χ0n) is 16.2. The summed E-state index contributed by atoms with van der Waals surface area (Å²) < 4.78 is 0. The van der Waals surface area contributed by atoms with E-state index in [-0.39, 0.29) is 23.6 Å². The van der Waals surface area contributed by atoms with E-state index in [1.165, 1.54) is 11.3 Å². The van der Waals surface area contributed by atoms with E-state index >= 15 is 0 Å². The van der Waals surface area contributed by atoms with Crippen LogP contribution in [0.4, 0.5) is 11.4 Å². The second kappa shape index (κ2) is 8.92. The number of anilines is 2. The first-order valence-corrected chi connectivity index (χ1v) is 10.6. The van der Waals surface area contributed by atoms with E-state index in [9.17, 15) is 14.4 Å². The minimum Gasteiger partial charge on any atom is -0.348 e. The van der Waals surface area contributed by atoms with Crippen LogP contribution in [0.25, 0.3) is 0 Å². The van der Waals surface area contributed by atoms with E-state index in [4.69, 9.17) is 0 Å². The Balaban J connectivity index is 1.39. The van der Waals surface area contributed by atoms with Crippen molar-refractivity contribution in [2.45, 2.75) is 19.4 Å². The van der Waals surface area contributed by atoms with Crippen LogP contribution in [-0.4, -0.2) is 17.7 Å². The van der Waals surface area contributed by atoms with Gasteiger partial charge in [-0.2, -0.15) is 0 Å². The third-order valence-electron chi connectivity index (χ3n) is 4.76. The van der Waals surface area contributed by atoms with Crippen molar-refractivity contribution in [3.8, 4) is 0 Å². The minimum absolute atomic E-state index is 0.0478. The maximum Gasteiger partial charge on any atom is 0.265 e. The minimum atomic E-state index is -0.288. The molecule has 0 radical (unpaired) electrons. The van der Waals surface area contributed by atoms with Gasteiger partial charge in [-0.3, -0.25) is 14.4 Å². The number of thiophene rings is 1. The summed E-state index contributed by atoms with van der Waals surface area (Å²) in [5.74, 6) is -0.352. The highest BCUT2D eigenvalue weighted by Crippen LogP contribution is 2.30. The molecule has 3 aromatic rings. The van der Waals surface area contributed by atoms with Crippen molar-refractivity contribution >= 4 is 40.4 Å². The molecule has 1 aliphatic rings. The largest absolute Gasteiger partial charge is 0.348 e. The molecule has 1 aromatic heterocycles. The van der Waals surface area contributed by atoms with E-state index in [0.717, 1.165) is 24.1 Å². The van der Waals surface area contributed by atoms with E-state index in [1.54, 1.807) is 36.4 Å². The van der Waals surface area contributed by atoms with Crippen LogP contribution < -0.4 is 16.0 Å². The monoisotopic (exact) mass is 419 g/mol. The van der Waals surface area contributed by atoms with Gasteiger partial charge in [0.05, 0.1) is 16.1 Å². The number of carbonyl (C=O) groups excluding carboxylic acids is 3. The molecule has 3 N–H and O–H groups in total. The highest BCUT2D eigenvalue weighted by molar-refractivity contribution is 7.12. The Hall–Kier alpha value is -3.45. The topological polar surface area (TPSA) is 87.3 Å². The molecule has 0 spiro atoms. The average Bonchev–Trinajstić information content (AvgIpc) is 3.47. The third kappa shape index (κ3) is 4.93. The number of para-hydroxylation sites is 1. The van der Waals surface area contributed by atoms with Crippen molar-refractivity contribution in [3.05, 3.63) is 82.0 Å². The van der Waals surface area contributed by atoms with E-state index < -0.39 is 0 Å². The molecule has 1 fully saturated rings. The maximum atomic E-state index is 12.7. The lowest BCUT2D eigenvalue weighted by molar-refractivity contribution is -0.117. The normalized spacial score (nSPS) is 12.8. The van der Waals surface area contributed by atoms with Crippen molar-refractivity contribution in [2.24, 2.45) is 5.92 Å². The molecular formula is C23H21N3O3S. The summed E-state index contributed by atoms with van der Waals surface area (Å²) in [6.07, 6.45) is 1.90. The average molecular weight is 420 g/mol. The maximum absolute atomic E-state index is 12.7. The van der Waals surface area contributed by atoms with Crippen molar-refractivity contribution < 1.29 is 14.4 Å². The van der Waals surface area contributed by atoms with E-state index in [1.807, 2.05) is 29.6 Å². The second-order valence-electron chi connectivity index (χ2n) is 7.12. The molecule has 3 amide bonds. The molecule has 6 nitrogen and oxygen atoms in total. The number of hydrogen-bond donors (Lipinski definition) is 3. The van der Waals surface area contributed by atoms with Crippen LogP contribution in [0.15, 0.2) is 66.0 Å². The third-order valence-corrected chi connectivity index (χ3v) is 5.63. The number of amides is 3. The zero-order valence-corrected chi connectivity index (χ0v) is 17.0. The first kappa shape index (κ1) is 19.8. The Morgan fingerprint density at radius 2 is 1.73 bits per heavy atom. The fourth-order valence-corrected chi connectivity index (χ4v) is 3.63. The predicted octanol–water partition coefficient (Wildman–Crippen LogP) is 4.28. The summed E-state index contributed by atoms with van der Waals surface area (Å²) >= 11 is 1.34. The number of nitrogens with one attached hydrogen (secondary N) is 3. The number of rotatable bonds is 7. The van der Waals surface area contributed by atoms with Crippen LogP contribution in [0.1, 0.15) is 38.4 Å². The van der Waals surface area contributed by atoms with Gasteiger partial charge in [-0.05, 0) is 54.1 Å². The molecule has 0 aliphatic heterocycles. The van der Waals surface area contributed by atoms with Gasteiger partial charge in [-0.1, -0.05) is 30.3 Å². The van der Waals surface area contributed by atoms with Gasteiger partial charge < -0.3 is 16.0 Å². The molecule has 2 aromatic carbocycles. The van der Waals surface area contributed by atoms with Crippen LogP contribution in [0.2, 0.25) is 0 Å². The van der Waals surface area contributed by atoms with Gasteiger partial charge >= 0.3 is 0 Å². The SMILES string of the molecule is O=C(Nc1ccccc1C(=O)NCc1cccc(NC(=O)C2CC2)c1)c1cccs1. The number of hydrogen-bond acceptors (Lipinski definition) is 4. The lowest BCUT2D eigenvalue weighted by Gasteiger charge is -2.12. The molecular weight excluding hydrogens is 398 g/mol. The molecule has 1 aliphatic carbocycles. The van der Waals surface area contributed by atoms with Gasteiger partial charge in [0.2, 0.25) is 5.91 Å². The van der Waals surface area contributed by atoms with Gasteiger partial charge in [-0.25, -0.2) is 0 Å². The lowest BCUT2D eigenvalue weighted by Crippen LogP contribution is -2.25. The van der Waals surface area contributed by atoms with Crippen molar-refractivity contribution in [2.75, 3.05) is 10.6 Å². The Kier molecular flexibility index (Phi) is 5.90. The van der Waals surface area contributed by atoms with Crippen LogP contribution in [0, 0.1) is 5.92 Å². The highest BCUT2D eigenvalue weighted by atomic mass is 32.1. The predicted molar refractivity (Wildman–Crippen MR) is 118 cm³/mol. The van der Waals surface area contributed by atoms with Gasteiger partial charge in [0.15, 0.2) is 0 Å². The van der Waals surface area contributed by atoms with Gasteiger partial charge in [0.25, 0.3) is 11.8 Å². The molecule has 0 atom stereocenters. The standard InChI is InChI=1S/C23H21N3O3S/c27-21(16-10-11-16)25-17-6-3-5-15(13-17)14-24-22(28)18-7-1-2-8-19(18)26-23(29)20-9-4-12-30-20/h1-9,12-13,16H,10-11,14H2,(H,24,28)(H,25,27)(H,26,29). The molecule has 0 unspecified atom stereocenters. The summed E-state index contributed by atoms with van der Waals surface area (Å²) in [7, 11) is 0. The Bertz CT molecular complexity index is 1070. The summed E-state index contributed by atoms with van der Waals surface area (Å²) in [5, 5.41) is 10.4. The fourth-order valence-electron chi connectivity index (χ4n) is 3.01. The molecule has 0 bridgehead atoms. The summed E-state index contributed by atoms with van der Waals surface area (Å²) in [5.41, 5.74) is 2.44. The summed E-state index contributed by atoms with van der Waals surface area (Å²) in [4.78, 5) is 37.6. The van der Waals surface area contributed by atoms with Gasteiger partial charge in [-0.15, -0.1) is 11.3 Å². The molecule has 1 heterocycles. The van der Waals surface area contributed by atoms with E-state index in [0.29, 0.717) is 22.7 Å². The Morgan fingerprint density at radius 3 is 2.50 bits per heavy atom. The lowest BCUT2D eigenvalue weighted by atomic mass is 10.1. The van der Waals surface area contributed by atoms with Crippen LogP contribution in [-0.2, 0) is 11.3 Å². The van der Waals surface area contributed by atoms with Crippen molar-refractivity contribution in [1.29, 1.82) is 0 Å². The van der Waals surface area contributed by atoms with E-state index in [2.05, 4.69) is 16.0 Å². The molecule has 30 heavy (non-hydrogen) atoms. The zero-order chi connectivity index (χ0) is 20.9.